The van der Waals surface area contributed by atoms with Crippen molar-refractivity contribution in [3.05, 3.63) is 94.0 Å². The summed E-state index contributed by atoms with van der Waals surface area (Å²) in [5, 5.41) is 10.6. The molecule has 1 saturated heterocycles. The van der Waals surface area contributed by atoms with Crippen LogP contribution in [0.4, 0.5) is 5.69 Å². The van der Waals surface area contributed by atoms with Gasteiger partial charge in [0.2, 0.25) is 0 Å². The molecule has 0 bridgehead atoms. The number of methoxy groups -OCH3 is 1. The zero-order valence-corrected chi connectivity index (χ0v) is 53.0. The average Bonchev–Trinajstić information content (AvgIpc) is 3.51. The van der Waals surface area contributed by atoms with Gasteiger partial charge in [-0.3, -0.25) is 0 Å². The minimum Gasteiger partial charge on any atom is -0.508 e. The number of nitrogens with zero attached hydrogens (tertiary/aromatic N) is 1. The van der Waals surface area contributed by atoms with Crippen LogP contribution in [0.25, 0.3) is 0 Å². The molecular weight excluding hydrogens is 979 g/mol. The van der Waals surface area contributed by atoms with E-state index in [0.717, 1.165) is 108 Å². The minimum atomic E-state index is -0.715. The van der Waals surface area contributed by atoms with Crippen LogP contribution in [0.5, 0.6) is 40.2 Å². The maximum atomic E-state index is 10.6. The van der Waals surface area contributed by atoms with Gasteiger partial charge in [-0.15, -0.1) is 0 Å². The van der Waals surface area contributed by atoms with E-state index in [2.05, 4.69) is 158 Å². The molecule has 4 heterocycles. The number of ether oxygens (including phenoxy) is 6. The summed E-state index contributed by atoms with van der Waals surface area (Å²) in [6.45, 7) is 39.6. The molecule has 1 fully saturated rings. The first kappa shape index (κ1) is 63.5. The van der Waals surface area contributed by atoms with Gasteiger partial charge >= 0.3 is 0 Å². The Balaban J connectivity index is 0.000000229. The summed E-state index contributed by atoms with van der Waals surface area (Å²) in [6, 6.07) is 21.2. The van der Waals surface area contributed by atoms with Crippen molar-refractivity contribution in [2.45, 2.75) is 266 Å². The number of rotatable bonds is 20. The van der Waals surface area contributed by atoms with Crippen LogP contribution in [0.15, 0.2) is 60.7 Å². The van der Waals surface area contributed by atoms with Gasteiger partial charge in [0.1, 0.15) is 45.8 Å². The fourth-order valence-electron chi connectivity index (χ4n) is 13.3. The summed E-state index contributed by atoms with van der Waals surface area (Å²) in [5.74, 6) is 5.80. The van der Waals surface area contributed by atoms with Gasteiger partial charge < -0.3 is 38.4 Å². The number of hydrogen-bond donors (Lipinski definition) is 1. The molecule has 4 aromatic rings. The van der Waals surface area contributed by atoms with E-state index in [-0.39, 0.29) is 27.3 Å². The Bertz CT molecular complexity index is 2450. The van der Waals surface area contributed by atoms with Crippen LogP contribution in [0.2, 0.25) is 0 Å². The number of anilines is 1. The Labute approximate surface area is 481 Å². The molecule has 1 atom stereocenters. The molecule has 4 aliphatic heterocycles. The van der Waals surface area contributed by atoms with Crippen molar-refractivity contribution in [1.29, 1.82) is 0 Å². The summed E-state index contributed by atoms with van der Waals surface area (Å²) in [6.07, 6.45) is 22.8. The highest BCUT2D eigenvalue weighted by atomic mass is 16.7. The lowest BCUT2D eigenvalue weighted by atomic mass is 9.69. The molecule has 0 aromatic heterocycles. The SMILES string of the molecule is CC1CC(C)(C)Oc2cc(C(C)(C)CC(C)(C)C)c(O)cc21.CCCCCCCCOc1cc2c(cc1C)OC1(CC2(C)C)CC(C)(C)c2cc(OCCCCCCCC)c(C)cc2O1.COc1ccc(N2CCCCC2)cc1. The van der Waals surface area contributed by atoms with Crippen LogP contribution in [0, 0.1) is 19.3 Å². The van der Waals surface area contributed by atoms with E-state index >= 15 is 0 Å². The lowest BCUT2D eigenvalue weighted by molar-refractivity contribution is -0.166. The van der Waals surface area contributed by atoms with Gasteiger partial charge in [-0.25, -0.2) is 0 Å². The van der Waals surface area contributed by atoms with E-state index < -0.39 is 5.79 Å². The molecule has 1 N–H and O–H groups in total. The van der Waals surface area contributed by atoms with Gasteiger partial charge in [-0.05, 0) is 161 Å². The van der Waals surface area contributed by atoms with Crippen LogP contribution in [0.1, 0.15) is 258 Å². The number of phenolic OH excluding ortho intramolecular Hbond substituents is 1. The highest BCUT2D eigenvalue weighted by molar-refractivity contribution is 5.55. The molecule has 1 spiro atoms. The van der Waals surface area contributed by atoms with Crippen molar-refractivity contribution in [2.75, 3.05) is 38.3 Å². The Morgan fingerprint density at radius 2 is 1.09 bits per heavy atom. The van der Waals surface area contributed by atoms with E-state index in [1.165, 1.54) is 113 Å². The molecule has 1 unspecified atom stereocenters. The molecule has 0 saturated carbocycles. The molecule has 0 radical (unpaired) electrons. The predicted molar refractivity (Wildman–Crippen MR) is 331 cm³/mol. The maximum absolute atomic E-state index is 10.6. The summed E-state index contributed by atoms with van der Waals surface area (Å²) in [7, 11) is 1.70. The van der Waals surface area contributed by atoms with Crippen molar-refractivity contribution < 1.29 is 33.5 Å². The molecule has 0 amide bonds. The zero-order chi connectivity index (χ0) is 57.8. The third-order valence-electron chi connectivity index (χ3n) is 16.9. The standard InChI is InChI=1S/C39H60O4.C20H32O2.C12H17NO/c1-9-11-13-15-17-19-21-40-33-25-31-35(23-29(33)3)42-39(27-37(31,5)6)28-38(7,8)32-26-34(30(4)24-36(32)43-39)41-22-20-18-16-14-12-10-2;1-13-11-20(7,8)22-17-10-15(16(21)9-14(13)17)19(5,6)12-18(2,3)4;1-14-12-7-5-11(6-8-12)13-9-3-2-4-10-13/h23-26H,9-22,27-28H2,1-8H3;9-10,13,21H,11-12H2,1-8H3;5-8H,2-4,9-10H2,1H3. The molecule has 79 heavy (non-hydrogen) atoms. The second-order valence-electron chi connectivity index (χ2n) is 27.9. The molecule has 8 rings (SSSR count). The Morgan fingerprint density at radius 3 is 1.56 bits per heavy atom. The Kier molecular flexibility index (Phi) is 22.0. The second-order valence-corrected chi connectivity index (χ2v) is 27.9. The first-order chi connectivity index (χ1) is 37.2. The summed E-state index contributed by atoms with van der Waals surface area (Å²) in [4.78, 5) is 2.45. The predicted octanol–water partition coefficient (Wildman–Crippen LogP) is 19.8. The molecule has 8 heteroatoms. The fraction of sp³-hybridized carbons (Fsp3) is 0.662. The van der Waals surface area contributed by atoms with E-state index in [0.29, 0.717) is 11.7 Å². The van der Waals surface area contributed by atoms with E-state index in [4.69, 9.17) is 28.4 Å². The number of aromatic hydroxyl groups is 1. The summed E-state index contributed by atoms with van der Waals surface area (Å²) < 4.78 is 37.7. The lowest BCUT2D eigenvalue weighted by Crippen LogP contribution is -2.55. The third-order valence-corrected chi connectivity index (χ3v) is 16.9. The van der Waals surface area contributed by atoms with Gasteiger partial charge in [0, 0.05) is 64.7 Å². The maximum Gasteiger partial charge on any atom is 0.252 e. The number of hydrogen-bond acceptors (Lipinski definition) is 8. The van der Waals surface area contributed by atoms with E-state index in [9.17, 15) is 5.11 Å². The third kappa shape index (κ3) is 17.6. The number of fused-ring (bicyclic) bond motifs is 3. The number of aryl methyl sites for hydroxylation is 2. The Morgan fingerprint density at radius 1 is 0.608 bits per heavy atom. The largest absolute Gasteiger partial charge is 0.508 e. The van der Waals surface area contributed by atoms with Crippen molar-refractivity contribution in [3.63, 3.8) is 0 Å². The highest BCUT2D eigenvalue weighted by Crippen LogP contribution is 2.55. The number of phenols is 1. The highest BCUT2D eigenvalue weighted by Gasteiger charge is 2.53. The molecule has 440 valence electrons. The second kappa shape index (κ2) is 27.4. The monoisotopic (exact) mass is 1090 g/mol. The van der Waals surface area contributed by atoms with Crippen LogP contribution in [-0.4, -0.2) is 49.9 Å². The van der Waals surface area contributed by atoms with Crippen molar-refractivity contribution >= 4 is 5.69 Å². The number of piperidine rings is 1. The molecule has 0 aliphatic carbocycles. The summed E-state index contributed by atoms with van der Waals surface area (Å²) in [5.41, 5.74) is 7.84. The fourth-order valence-corrected chi connectivity index (χ4v) is 13.3. The quantitative estimate of drug-likeness (QED) is 0.0877. The lowest BCUT2D eigenvalue weighted by Gasteiger charge is -2.51. The smallest absolute Gasteiger partial charge is 0.252 e. The van der Waals surface area contributed by atoms with E-state index in [1.54, 1.807) is 7.11 Å². The van der Waals surface area contributed by atoms with Crippen molar-refractivity contribution in [2.24, 2.45) is 5.41 Å². The topological polar surface area (TPSA) is 78.9 Å². The van der Waals surface area contributed by atoms with Gasteiger partial charge in [-0.1, -0.05) is 147 Å². The van der Waals surface area contributed by atoms with Crippen LogP contribution >= 0.6 is 0 Å². The molecule has 4 aliphatic rings. The minimum absolute atomic E-state index is 0.0917. The van der Waals surface area contributed by atoms with Crippen LogP contribution in [-0.2, 0) is 16.2 Å². The number of benzene rings is 4. The molecular formula is C71H109NO7. The van der Waals surface area contributed by atoms with E-state index in [1.807, 2.05) is 18.2 Å². The van der Waals surface area contributed by atoms with Gasteiger partial charge in [-0.2, -0.15) is 0 Å². The number of unbranched alkanes of at least 4 members (excludes halogenated alkanes) is 10. The first-order valence-electron chi connectivity index (χ1n) is 31.1. The van der Waals surface area contributed by atoms with Crippen molar-refractivity contribution in [3.8, 4) is 40.2 Å². The average molecular weight is 1090 g/mol. The zero-order valence-electron chi connectivity index (χ0n) is 53.0. The van der Waals surface area contributed by atoms with Crippen LogP contribution < -0.4 is 33.3 Å². The summed E-state index contributed by atoms with van der Waals surface area (Å²) >= 11 is 0. The van der Waals surface area contributed by atoms with Gasteiger partial charge in [0.25, 0.3) is 5.79 Å². The Hall–Kier alpha value is -4.72. The van der Waals surface area contributed by atoms with Crippen molar-refractivity contribution in [1.82, 2.24) is 0 Å². The normalized spacial score (nSPS) is 18.4. The van der Waals surface area contributed by atoms with Crippen LogP contribution in [0.3, 0.4) is 0 Å². The first-order valence-corrected chi connectivity index (χ1v) is 31.1. The van der Waals surface area contributed by atoms with Gasteiger partial charge in [0.15, 0.2) is 0 Å². The molecule has 8 nitrogen and oxygen atoms in total. The van der Waals surface area contributed by atoms with Gasteiger partial charge in [0.05, 0.1) is 20.3 Å². The molecule has 4 aromatic carbocycles.